The van der Waals surface area contributed by atoms with Crippen LogP contribution in [-0.2, 0) is 0 Å². The van der Waals surface area contributed by atoms with Gasteiger partial charge in [-0.15, -0.1) is 22.7 Å². The Kier molecular flexibility index (Phi) is 4.48. The number of fused-ring (bicyclic) bond motifs is 1. The SMILES string of the molecule is O=C(Nc1ccccc1Cl)c1ccc(-c2ccc3nc(Cl)sc3c2)s1. The van der Waals surface area contributed by atoms with Crippen molar-refractivity contribution in [3.8, 4) is 10.4 Å². The number of hydrogen-bond donors (Lipinski definition) is 1. The number of anilines is 1. The lowest BCUT2D eigenvalue weighted by Gasteiger charge is -2.05. The Hall–Kier alpha value is -1.92. The number of thiophene rings is 1. The summed E-state index contributed by atoms with van der Waals surface area (Å²) in [6.45, 7) is 0. The largest absolute Gasteiger partial charge is 0.320 e. The second kappa shape index (κ2) is 6.77. The van der Waals surface area contributed by atoms with E-state index in [2.05, 4.69) is 10.3 Å². The van der Waals surface area contributed by atoms with Crippen LogP contribution in [0.3, 0.4) is 0 Å². The molecule has 0 bridgehead atoms. The lowest BCUT2D eigenvalue weighted by atomic mass is 10.2. The van der Waals surface area contributed by atoms with E-state index in [-0.39, 0.29) is 5.91 Å². The standard InChI is InChI=1S/C18H10Cl2N2OS2/c19-11-3-1-2-4-12(11)21-17(23)15-8-7-14(24-15)10-5-6-13-16(9-10)25-18(20)22-13/h1-9H,(H,21,23). The second-order valence-electron chi connectivity index (χ2n) is 5.25. The number of rotatable bonds is 3. The van der Waals surface area contributed by atoms with Crippen LogP contribution in [0.4, 0.5) is 5.69 Å². The van der Waals surface area contributed by atoms with Gasteiger partial charge >= 0.3 is 0 Å². The first kappa shape index (κ1) is 16.5. The van der Waals surface area contributed by atoms with Crippen molar-refractivity contribution in [1.29, 1.82) is 0 Å². The van der Waals surface area contributed by atoms with Crippen molar-refractivity contribution in [2.75, 3.05) is 5.32 Å². The smallest absolute Gasteiger partial charge is 0.265 e. The zero-order valence-electron chi connectivity index (χ0n) is 12.6. The van der Waals surface area contributed by atoms with Gasteiger partial charge in [0.1, 0.15) is 0 Å². The average molecular weight is 405 g/mol. The fourth-order valence-electron chi connectivity index (χ4n) is 2.41. The number of hydrogen-bond acceptors (Lipinski definition) is 4. The number of nitrogens with one attached hydrogen (secondary N) is 1. The molecule has 0 fully saturated rings. The van der Waals surface area contributed by atoms with Gasteiger partial charge in [0.05, 0.1) is 25.8 Å². The second-order valence-corrected chi connectivity index (χ2v) is 8.35. The quantitative estimate of drug-likeness (QED) is 0.418. The van der Waals surface area contributed by atoms with Gasteiger partial charge in [-0.25, -0.2) is 4.98 Å². The van der Waals surface area contributed by atoms with E-state index in [0.29, 0.717) is 20.1 Å². The lowest BCUT2D eigenvalue weighted by molar-refractivity contribution is 0.103. The number of aromatic nitrogens is 1. The lowest BCUT2D eigenvalue weighted by Crippen LogP contribution is -2.10. The van der Waals surface area contributed by atoms with E-state index in [1.807, 2.05) is 42.5 Å². The van der Waals surface area contributed by atoms with Crippen LogP contribution in [0.15, 0.2) is 54.6 Å². The molecule has 1 N–H and O–H groups in total. The Morgan fingerprint density at radius 1 is 1.00 bits per heavy atom. The molecule has 0 unspecified atom stereocenters. The summed E-state index contributed by atoms with van der Waals surface area (Å²) in [5.74, 6) is -0.175. The highest BCUT2D eigenvalue weighted by Gasteiger charge is 2.13. The van der Waals surface area contributed by atoms with Gasteiger partial charge < -0.3 is 5.32 Å². The third kappa shape index (κ3) is 3.41. The normalized spacial score (nSPS) is 11.0. The number of para-hydroxylation sites is 1. The summed E-state index contributed by atoms with van der Waals surface area (Å²) in [5, 5.41) is 3.35. The van der Waals surface area contributed by atoms with E-state index in [4.69, 9.17) is 23.2 Å². The van der Waals surface area contributed by atoms with Crippen molar-refractivity contribution in [2.45, 2.75) is 0 Å². The van der Waals surface area contributed by atoms with E-state index in [1.165, 1.54) is 22.7 Å². The molecule has 25 heavy (non-hydrogen) atoms. The van der Waals surface area contributed by atoms with Gasteiger partial charge in [0.2, 0.25) is 0 Å². The molecule has 0 spiro atoms. The number of amides is 1. The topological polar surface area (TPSA) is 42.0 Å². The molecular weight excluding hydrogens is 395 g/mol. The molecule has 4 rings (SSSR count). The Balaban J connectivity index is 1.60. The summed E-state index contributed by atoms with van der Waals surface area (Å²) >= 11 is 14.9. The maximum absolute atomic E-state index is 12.4. The van der Waals surface area contributed by atoms with Gasteiger partial charge in [0.25, 0.3) is 5.91 Å². The minimum absolute atomic E-state index is 0.175. The summed E-state index contributed by atoms with van der Waals surface area (Å²) in [5.41, 5.74) is 2.52. The summed E-state index contributed by atoms with van der Waals surface area (Å²) < 4.78 is 1.55. The minimum atomic E-state index is -0.175. The van der Waals surface area contributed by atoms with Gasteiger partial charge in [-0.05, 0) is 42.0 Å². The third-order valence-electron chi connectivity index (χ3n) is 3.60. The highest BCUT2D eigenvalue weighted by atomic mass is 35.5. The molecule has 3 nitrogen and oxygen atoms in total. The van der Waals surface area contributed by atoms with Gasteiger partial charge in [0.15, 0.2) is 4.47 Å². The first-order valence-electron chi connectivity index (χ1n) is 7.32. The van der Waals surface area contributed by atoms with Gasteiger partial charge in [-0.2, -0.15) is 0 Å². The maximum atomic E-state index is 12.4. The summed E-state index contributed by atoms with van der Waals surface area (Å²) in [6, 6.07) is 16.9. The van der Waals surface area contributed by atoms with E-state index >= 15 is 0 Å². The van der Waals surface area contributed by atoms with Crippen molar-refractivity contribution >= 4 is 67.7 Å². The summed E-state index contributed by atoms with van der Waals surface area (Å²) in [7, 11) is 0. The van der Waals surface area contributed by atoms with Crippen LogP contribution in [0, 0.1) is 0 Å². The van der Waals surface area contributed by atoms with Gasteiger partial charge in [-0.1, -0.05) is 41.4 Å². The van der Waals surface area contributed by atoms with Crippen LogP contribution in [0.5, 0.6) is 0 Å². The number of carbonyl (C=O) groups is 1. The monoisotopic (exact) mass is 404 g/mol. The molecule has 7 heteroatoms. The van der Waals surface area contributed by atoms with E-state index in [0.717, 1.165) is 20.7 Å². The van der Waals surface area contributed by atoms with Gasteiger partial charge in [-0.3, -0.25) is 4.79 Å². The highest BCUT2D eigenvalue weighted by Crippen LogP contribution is 2.34. The molecule has 0 radical (unpaired) electrons. The minimum Gasteiger partial charge on any atom is -0.320 e. The fraction of sp³-hybridized carbons (Fsp3) is 0. The van der Waals surface area contributed by atoms with Crippen molar-refractivity contribution in [2.24, 2.45) is 0 Å². The van der Waals surface area contributed by atoms with E-state index < -0.39 is 0 Å². The van der Waals surface area contributed by atoms with Crippen LogP contribution in [0.2, 0.25) is 9.49 Å². The van der Waals surface area contributed by atoms with E-state index in [9.17, 15) is 4.79 Å². The van der Waals surface area contributed by atoms with Crippen molar-refractivity contribution in [1.82, 2.24) is 4.98 Å². The number of halogens is 2. The Morgan fingerprint density at radius 3 is 2.68 bits per heavy atom. The van der Waals surface area contributed by atoms with Crippen LogP contribution >= 0.6 is 45.9 Å². The predicted molar refractivity (Wildman–Crippen MR) is 107 cm³/mol. The van der Waals surface area contributed by atoms with Crippen LogP contribution in [-0.4, -0.2) is 10.9 Å². The molecule has 0 saturated carbocycles. The molecule has 4 aromatic rings. The zero-order valence-corrected chi connectivity index (χ0v) is 15.8. The van der Waals surface area contributed by atoms with E-state index in [1.54, 1.807) is 12.1 Å². The number of carbonyl (C=O) groups excluding carboxylic acids is 1. The maximum Gasteiger partial charge on any atom is 0.265 e. The number of benzene rings is 2. The molecular formula is C18H10Cl2N2OS2. The molecule has 2 heterocycles. The van der Waals surface area contributed by atoms with Gasteiger partial charge in [0, 0.05) is 4.88 Å². The van der Waals surface area contributed by atoms with Crippen LogP contribution < -0.4 is 5.32 Å². The van der Waals surface area contributed by atoms with Crippen molar-refractivity contribution in [3.63, 3.8) is 0 Å². The third-order valence-corrected chi connectivity index (χ3v) is 6.18. The molecule has 0 aliphatic carbocycles. The van der Waals surface area contributed by atoms with Crippen LogP contribution in [0.25, 0.3) is 20.7 Å². The zero-order chi connectivity index (χ0) is 17.4. The Labute approximate surface area is 161 Å². The molecule has 2 aromatic carbocycles. The molecule has 124 valence electrons. The molecule has 0 aliphatic heterocycles. The fourth-order valence-corrected chi connectivity index (χ4v) is 4.56. The number of thiazole rings is 1. The molecule has 0 saturated heterocycles. The Bertz CT molecular complexity index is 1090. The first-order valence-corrected chi connectivity index (χ1v) is 9.71. The van der Waals surface area contributed by atoms with Crippen molar-refractivity contribution < 1.29 is 4.79 Å². The first-order chi connectivity index (χ1) is 12.1. The molecule has 1 amide bonds. The predicted octanol–water partition coefficient (Wildman–Crippen LogP) is 6.58. The molecule has 2 aromatic heterocycles. The molecule has 0 aliphatic rings. The number of nitrogens with zero attached hydrogens (tertiary/aromatic N) is 1. The average Bonchev–Trinajstić information content (AvgIpc) is 3.21. The Morgan fingerprint density at radius 2 is 1.84 bits per heavy atom. The van der Waals surface area contributed by atoms with Crippen molar-refractivity contribution in [3.05, 3.63) is 69.0 Å². The highest BCUT2D eigenvalue weighted by molar-refractivity contribution is 7.22. The summed E-state index contributed by atoms with van der Waals surface area (Å²) in [6.07, 6.45) is 0. The molecule has 0 atom stereocenters. The summed E-state index contributed by atoms with van der Waals surface area (Å²) in [4.78, 5) is 18.3. The van der Waals surface area contributed by atoms with Crippen LogP contribution in [0.1, 0.15) is 9.67 Å².